The number of furan rings is 1. The first-order chi connectivity index (χ1) is 28.6. The maximum Gasteiger partial charge on any atom is 0.164 e. The molecule has 0 N–H and O–H groups in total. The highest BCUT2D eigenvalue weighted by molar-refractivity contribution is 6.08. The van der Waals surface area contributed by atoms with E-state index in [4.69, 9.17) is 24.1 Å². The summed E-state index contributed by atoms with van der Waals surface area (Å²) >= 11 is 0. The van der Waals surface area contributed by atoms with Gasteiger partial charge in [-0.2, -0.15) is 0 Å². The minimum absolute atomic E-state index is 0.589. The zero-order valence-electron chi connectivity index (χ0n) is 32.5. The third kappa shape index (κ3) is 5.51. The lowest BCUT2D eigenvalue weighted by Gasteiger charge is -2.38. The van der Waals surface area contributed by atoms with Crippen LogP contribution in [0.15, 0.2) is 132 Å². The predicted molar refractivity (Wildman–Crippen MR) is 237 cm³/mol. The molecule has 2 aromatic heterocycles. The zero-order valence-corrected chi connectivity index (χ0v) is 32.5. The lowest BCUT2D eigenvalue weighted by atomic mass is 9.82. The monoisotopic (exact) mass is 752 g/mol. The van der Waals surface area contributed by atoms with Crippen LogP contribution in [-0.4, -0.2) is 15.0 Å². The number of allylic oxidation sites excluding steroid dienone is 3. The van der Waals surface area contributed by atoms with Crippen molar-refractivity contribution in [2.75, 3.05) is 4.90 Å². The number of fused-ring (bicyclic) bond motifs is 9. The highest BCUT2D eigenvalue weighted by atomic mass is 16.5. The molecule has 6 aromatic carbocycles. The number of nitrogens with zero attached hydrogens (tertiary/aromatic N) is 4. The molecule has 8 aromatic rings. The van der Waals surface area contributed by atoms with E-state index in [-0.39, 0.29) is 0 Å². The third-order valence-corrected chi connectivity index (χ3v) is 11.7. The van der Waals surface area contributed by atoms with Crippen molar-refractivity contribution in [3.63, 3.8) is 0 Å². The van der Waals surface area contributed by atoms with E-state index in [1.165, 1.54) is 22.3 Å². The Morgan fingerprint density at radius 1 is 0.655 bits per heavy atom. The number of ether oxygens (including phenoxy) is 1. The SMILES string of the molecule is CC/C=C\c1c(C)oc2cc(-c3nc(-c4ccccc4)nc(-c4ccc(N5c6ccccc6Oc6c7c(c8c(c65)C=CCC8)CCC=C7)c5ccccc45)n3)ccc12. The molecular formula is C52H40N4O2. The minimum Gasteiger partial charge on any atom is -0.461 e. The lowest BCUT2D eigenvalue weighted by molar-refractivity contribution is 0.474. The number of aryl methyl sites for hydroxylation is 1. The number of hydrogen-bond donors (Lipinski definition) is 0. The van der Waals surface area contributed by atoms with Gasteiger partial charge >= 0.3 is 0 Å². The fraction of sp³-hybridized carbons (Fsp3) is 0.135. The molecule has 11 rings (SSSR count). The highest BCUT2D eigenvalue weighted by Gasteiger charge is 2.35. The van der Waals surface area contributed by atoms with E-state index >= 15 is 0 Å². The first-order valence-electron chi connectivity index (χ1n) is 20.3. The molecule has 3 heterocycles. The van der Waals surface area contributed by atoms with Crippen LogP contribution in [0, 0.1) is 6.92 Å². The van der Waals surface area contributed by atoms with Gasteiger partial charge in [-0.25, -0.2) is 15.0 Å². The van der Waals surface area contributed by atoms with Crippen molar-refractivity contribution in [2.45, 2.75) is 46.0 Å². The Bertz CT molecular complexity index is 3050. The summed E-state index contributed by atoms with van der Waals surface area (Å²) in [6.07, 6.45) is 18.6. The maximum atomic E-state index is 6.90. The molecule has 6 heteroatoms. The van der Waals surface area contributed by atoms with Crippen LogP contribution >= 0.6 is 0 Å². The lowest BCUT2D eigenvalue weighted by Crippen LogP contribution is -2.21. The van der Waals surface area contributed by atoms with Crippen molar-refractivity contribution in [1.82, 2.24) is 15.0 Å². The summed E-state index contributed by atoms with van der Waals surface area (Å²) in [6.45, 7) is 4.16. The Morgan fingerprint density at radius 3 is 2.19 bits per heavy atom. The van der Waals surface area contributed by atoms with Gasteiger partial charge in [0.05, 0.1) is 17.1 Å². The summed E-state index contributed by atoms with van der Waals surface area (Å²) in [5.41, 5.74) is 13.1. The van der Waals surface area contributed by atoms with Crippen molar-refractivity contribution in [1.29, 1.82) is 0 Å². The van der Waals surface area contributed by atoms with E-state index < -0.39 is 0 Å². The topological polar surface area (TPSA) is 64.3 Å². The third-order valence-electron chi connectivity index (χ3n) is 11.7. The van der Waals surface area contributed by atoms with E-state index in [1.807, 2.05) is 37.3 Å². The van der Waals surface area contributed by atoms with Gasteiger partial charge in [0.25, 0.3) is 0 Å². The van der Waals surface area contributed by atoms with Gasteiger partial charge in [0.2, 0.25) is 0 Å². The molecule has 0 fully saturated rings. The van der Waals surface area contributed by atoms with E-state index in [0.29, 0.717) is 17.5 Å². The van der Waals surface area contributed by atoms with E-state index in [9.17, 15) is 0 Å². The predicted octanol–water partition coefficient (Wildman–Crippen LogP) is 14.0. The molecule has 58 heavy (non-hydrogen) atoms. The smallest absolute Gasteiger partial charge is 0.164 e. The molecule has 0 spiro atoms. The fourth-order valence-electron chi connectivity index (χ4n) is 9.01. The van der Waals surface area contributed by atoms with Gasteiger partial charge in [-0.05, 0) is 91.9 Å². The van der Waals surface area contributed by atoms with Gasteiger partial charge < -0.3 is 14.1 Å². The summed E-state index contributed by atoms with van der Waals surface area (Å²) in [5.74, 6) is 4.47. The molecule has 1 aliphatic heterocycles. The summed E-state index contributed by atoms with van der Waals surface area (Å²) in [4.78, 5) is 17.9. The molecule has 0 bridgehead atoms. The van der Waals surface area contributed by atoms with Crippen LogP contribution in [0.1, 0.15) is 59.8 Å². The highest BCUT2D eigenvalue weighted by Crippen LogP contribution is 2.57. The van der Waals surface area contributed by atoms with Crippen LogP contribution in [0.2, 0.25) is 0 Å². The molecular weight excluding hydrogens is 713 g/mol. The molecule has 280 valence electrons. The average molecular weight is 753 g/mol. The van der Waals surface area contributed by atoms with Crippen molar-refractivity contribution in [3.05, 3.63) is 161 Å². The second kappa shape index (κ2) is 13.9. The molecule has 2 aliphatic carbocycles. The molecule has 3 aliphatic rings. The first-order valence-corrected chi connectivity index (χ1v) is 20.3. The summed E-state index contributed by atoms with van der Waals surface area (Å²) < 4.78 is 13.2. The molecule has 0 saturated heterocycles. The second-order valence-corrected chi connectivity index (χ2v) is 15.2. The van der Waals surface area contributed by atoms with Crippen molar-refractivity contribution in [2.24, 2.45) is 0 Å². The minimum atomic E-state index is 0.589. The normalized spacial score (nSPS) is 14.1. The van der Waals surface area contributed by atoms with Gasteiger partial charge in [0.15, 0.2) is 29.0 Å². The Kier molecular flexibility index (Phi) is 8.17. The first kappa shape index (κ1) is 34.2. The van der Waals surface area contributed by atoms with Crippen LogP contribution in [-0.2, 0) is 12.8 Å². The van der Waals surface area contributed by atoms with E-state index in [2.05, 4.69) is 127 Å². The Labute approximate surface area is 337 Å². The number of hydrogen-bond acceptors (Lipinski definition) is 6. The number of benzene rings is 6. The average Bonchev–Trinajstić information content (AvgIpc) is 3.61. The maximum absolute atomic E-state index is 6.90. The summed E-state index contributed by atoms with van der Waals surface area (Å²) in [6, 6.07) is 37.8. The largest absolute Gasteiger partial charge is 0.461 e. The van der Waals surface area contributed by atoms with E-state index in [0.717, 1.165) is 110 Å². The van der Waals surface area contributed by atoms with Crippen LogP contribution in [0.25, 0.3) is 74.1 Å². The van der Waals surface area contributed by atoms with E-state index in [1.54, 1.807) is 0 Å². The van der Waals surface area contributed by atoms with Crippen LogP contribution < -0.4 is 9.64 Å². The van der Waals surface area contributed by atoms with Crippen molar-refractivity contribution >= 4 is 57.0 Å². The van der Waals surface area contributed by atoms with Crippen LogP contribution in [0.3, 0.4) is 0 Å². The van der Waals surface area contributed by atoms with Crippen molar-refractivity contribution in [3.8, 4) is 45.7 Å². The Balaban J connectivity index is 1.12. The second-order valence-electron chi connectivity index (χ2n) is 15.2. The number of para-hydroxylation sites is 2. The summed E-state index contributed by atoms with van der Waals surface area (Å²) in [5, 5.41) is 3.21. The zero-order chi connectivity index (χ0) is 38.7. The number of aromatic nitrogens is 3. The molecule has 6 nitrogen and oxygen atoms in total. The van der Waals surface area contributed by atoms with Gasteiger partial charge in [-0.1, -0.05) is 116 Å². The standard InChI is InChI=1S/C52H40N4O2/c1-3-4-18-35-32(2)57-47-31-34(27-28-40(35)47)51-53-50(33-16-6-5-7-17-33)54-52(55-51)43-29-30-44(39-22-11-8-21-38(39)43)56-45-25-14-15-26-46(45)58-49-42-24-13-10-20-37(42)36-19-9-12-23-41(36)48(49)56/h4-8,11-18,21-31H,3,9-10,19-20H2,1-2H3/b18-4-. The van der Waals surface area contributed by atoms with Gasteiger partial charge in [0, 0.05) is 44.2 Å². The van der Waals surface area contributed by atoms with Gasteiger partial charge in [-0.3, -0.25) is 0 Å². The molecule has 0 saturated carbocycles. The van der Waals surface area contributed by atoms with Gasteiger partial charge in [0.1, 0.15) is 11.3 Å². The quantitative estimate of drug-likeness (QED) is 0.168. The Morgan fingerprint density at radius 2 is 1.36 bits per heavy atom. The molecule has 0 atom stereocenters. The molecule has 0 amide bonds. The van der Waals surface area contributed by atoms with Crippen LogP contribution in [0.5, 0.6) is 11.5 Å². The molecule has 0 unspecified atom stereocenters. The number of rotatable bonds is 6. The Hall–Kier alpha value is -7.05. The molecule has 0 radical (unpaired) electrons. The summed E-state index contributed by atoms with van der Waals surface area (Å²) in [7, 11) is 0. The fourth-order valence-corrected chi connectivity index (χ4v) is 9.01. The van der Waals surface area contributed by atoms with Gasteiger partial charge in [-0.15, -0.1) is 0 Å². The number of anilines is 3. The van der Waals surface area contributed by atoms with Crippen LogP contribution in [0.4, 0.5) is 17.1 Å². The van der Waals surface area contributed by atoms with Crippen molar-refractivity contribution < 1.29 is 9.15 Å².